The van der Waals surface area contributed by atoms with Crippen LogP contribution in [0.25, 0.3) is 0 Å². The second-order valence-corrected chi connectivity index (χ2v) is 8.39. The number of nitrogens with zero attached hydrogens (tertiary/aromatic N) is 2. The van der Waals surface area contributed by atoms with E-state index in [-0.39, 0.29) is 11.0 Å². The molecule has 0 radical (unpaired) electrons. The molecule has 1 saturated heterocycles. The SMILES string of the molecule is O=c1[nH]c(N2CCC3(CC2)CNc2ccccc23)nc2c1CSCC2. The van der Waals surface area contributed by atoms with Crippen molar-refractivity contribution in [3.05, 3.63) is 51.4 Å². The Kier molecular flexibility index (Phi) is 3.55. The van der Waals surface area contributed by atoms with Crippen LogP contribution in [0.5, 0.6) is 0 Å². The summed E-state index contributed by atoms with van der Waals surface area (Å²) in [7, 11) is 0. The maximum Gasteiger partial charge on any atom is 0.256 e. The number of thioether (sulfide) groups is 1. The van der Waals surface area contributed by atoms with Crippen LogP contribution in [0.3, 0.4) is 0 Å². The van der Waals surface area contributed by atoms with Crippen molar-refractivity contribution in [2.45, 2.75) is 30.4 Å². The normalized spacial score (nSPS) is 20.9. The lowest BCUT2D eigenvalue weighted by Crippen LogP contribution is -2.45. The summed E-state index contributed by atoms with van der Waals surface area (Å²) in [6.07, 6.45) is 3.09. The summed E-state index contributed by atoms with van der Waals surface area (Å²) < 4.78 is 0. The molecule has 130 valence electrons. The van der Waals surface area contributed by atoms with Crippen molar-refractivity contribution in [2.75, 3.05) is 35.6 Å². The van der Waals surface area contributed by atoms with E-state index in [2.05, 4.69) is 39.5 Å². The largest absolute Gasteiger partial charge is 0.384 e. The smallest absolute Gasteiger partial charge is 0.256 e. The van der Waals surface area contributed by atoms with Crippen LogP contribution in [0, 0.1) is 0 Å². The van der Waals surface area contributed by atoms with Crippen LogP contribution < -0.4 is 15.8 Å². The van der Waals surface area contributed by atoms with Crippen LogP contribution in [0.4, 0.5) is 11.6 Å². The van der Waals surface area contributed by atoms with Gasteiger partial charge < -0.3 is 10.2 Å². The Labute approximate surface area is 151 Å². The monoisotopic (exact) mass is 354 g/mol. The van der Waals surface area contributed by atoms with Gasteiger partial charge in [-0.1, -0.05) is 18.2 Å². The molecule has 6 heteroatoms. The van der Waals surface area contributed by atoms with Gasteiger partial charge in [0.1, 0.15) is 0 Å². The first-order valence-corrected chi connectivity index (χ1v) is 10.2. The standard InChI is InChI=1S/C19H22N4OS/c24-17-13-11-25-10-5-15(13)21-18(22-17)23-8-6-19(7-9-23)12-20-16-4-2-1-3-14(16)19/h1-4,20H,5-12H2,(H,21,22,24). The second kappa shape index (κ2) is 5.80. The molecule has 1 aromatic heterocycles. The second-order valence-electron chi connectivity index (χ2n) is 7.28. The van der Waals surface area contributed by atoms with Gasteiger partial charge in [0.25, 0.3) is 5.56 Å². The maximum atomic E-state index is 12.4. The Morgan fingerprint density at radius 3 is 2.92 bits per heavy atom. The highest BCUT2D eigenvalue weighted by molar-refractivity contribution is 7.98. The van der Waals surface area contributed by atoms with E-state index in [0.29, 0.717) is 0 Å². The summed E-state index contributed by atoms with van der Waals surface area (Å²) in [5, 5.41) is 3.57. The molecule has 0 saturated carbocycles. The number of aromatic amines is 1. The van der Waals surface area contributed by atoms with E-state index in [9.17, 15) is 4.79 Å². The van der Waals surface area contributed by atoms with Gasteiger partial charge in [0.05, 0.1) is 5.69 Å². The highest BCUT2D eigenvalue weighted by atomic mass is 32.2. The zero-order valence-corrected chi connectivity index (χ0v) is 15.0. The molecular formula is C19H22N4OS. The number of benzene rings is 1. The van der Waals surface area contributed by atoms with Crippen molar-refractivity contribution in [3.63, 3.8) is 0 Å². The summed E-state index contributed by atoms with van der Waals surface area (Å²) in [5.41, 5.74) is 4.92. The van der Waals surface area contributed by atoms with Crippen molar-refractivity contribution in [1.82, 2.24) is 9.97 Å². The molecule has 3 aliphatic rings. The third kappa shape index (κ3) is 2.46. The van der Waals surface area contributed by atoms with Gasteiger partial charge in [-0.25, -0.2) is 4.98 Å². The Balaban J connectivity index is 1.40. The summed E-state index contributed by atoms with van der Waals surface area (Å²) in [6, 6.07) is 8.68. The number of para-hydroxylation sites is 1. The van der Waals surface area contributed by atoms with E-state index in [4.69, 9.17) is 4.98 Å². The lowest BCUT2D eigenvalue weighted by Gasteiger charge is -2.39. The highest BCUT2D eigenvalue weighted by Gasteiger charge is 2.41. The molecule has 5 rings (SSSR count). The summed E-state index contributed by atoms with van der Waals surface area (Å²) >= 11 is 1.82. The van der Waals surface area contributed by atoms with Gasteiger partial charge >= 0.3 is 0 Å². The van der Waals surface area contributed by atoms with E-state index in [1.165, 1.54) is 11.3 Å². The van der Waals surface area contributed by atoms with E-state index >= 15 is 0 Å². The molecule has 4 heterocycles. The number of nitrogens with one attached hydrogen (secondary N) is 2. The summed E-state index contributed by atoms with van der Waals surface area (Å²) in [6.45, 7) is 2.89. The lowest BCUT2D eigenvalue weighted by atomic mass is 9.74. The third-order valence-corrected chi connectivity index (χ3v) is 6.94. The summed E-state index contributed by atoms with van der Waals surface area (Å²) in [5.74, 6) is 2.63. The number of aromatic nitrogens is 2. The molecule has 25 heavy (non-hydrogen) atoms. The minimum Gasteiger partial charge on any atom is -0.384 e. The Morgan fingerprint density at radius 2 is 2.04 bits per heavy atom. The molecule has 2 N–H and O–H groups in total. The van der Waals surface area contributed by atoms with Crippen molar-refractivity contribution in [3.8, 4) is 0 Å². The van der Waals surface area contributed by atoms with E-state index in [1.807, 2.05) is 11.8 Å². The molecule has 1 fully saturated rings. The molecule has 5 nitrogen and oxygen atoms in total. The number of hydrogen-bond acceptors (Lipinski definition) is 5. The fourth-order valence-electron chi connectivity index (χ4n) is 4.43. The van der Waals surface area contributed by atoms with Gasteiger partial charge in [-0.2, -0.15) is 11.8 Å². The fourth-order valence-corrected chi connectivity index (χ4v) is 5.42. The number of rotatable bonds is 1. The van der Waals surface area contributed by atoms with Crippen molar-refractivity contribution >= 4 is 23.4 Å². The topological polar surface area (TPSA) is 61.0 Å². The van der Waals surface area contributed by atoms with Gasteiger partial charge in [0.2, 0.25) is 5.95 Å². The van der Waals surface area contributed by atoms with Crippen LogP contribution in [-0.4, -0.2) is 35.4 Å². The fraction of sp³-hybridized carbons (Fsp3) is 0.474. The number of H-pyrrole nitrogens is 1. The van der Waals surface area contributed by atoms with Gasteiger partial charge in [-0.15, -0.1) is 0 Å². The molecule has 1 spiro atoms. The molecule has 0 amide bonds. The number of hydrogen-bond donors (Lipinski definition) is 2. The molecule has 1 aromatic carbocycles. The molecule has 3 aliphatic heterocycles. The molecule has 0 aliphatic carbocycles. The Bertz CT molecular complexity index is 870. The van der Waals surface area contributed by atoms with Crippen molar-refractivity contribution in [1.29, 1.82) is 0 Å². The quantitative estimate of drug-likeness (QED) is 0.824. The average molecular weight is 354 g/mol. The van der Waals surface area contributed by atoms with E-state index in [0.717, 1.165) is 67.6 Å². The Morgan fingerprint density at radius 1 is 1.20 bits per heavy atom. The first-order valence-electron chi connectivity index (χ1n) is 9.03. The van der Waals surface area contributed by atoms with E-state index < -0.39 is 0 Å². The van der Waals surface area contributed by atoms with Crippen LogP contribution >= 0.6 is 11.8 Å². The highest BCUT2D eigenvalue weighted by Crippen LogP contribution is 2.44. The zero-order valence-electron chi connectivity index (χ0n) is 14.2. The van der Waals surface area contributed by atoms with Gasteiger partial charge in [-0.05, 0) is 36.6 Å². The van der Waals surface area contributed by atoms with Gasteiger partial charge in [-0.3, -0.25) is 9.78 Å². The van der Waals surface area contributed by atoms with Gasteiger partial charge in [0, 0.05) is 42.1 Å². The van der Waals surface area contributed by atoms with Crippen LogP contribution in [0.1, 0.15) is 29.7 Å². The predicted octanol–water partition coefficient (Wildman–Crippen LogP) is 2.52. The minimum absolute atomic E-state index is 0.0559. The van der Waals surface area contributed by atoms with Crippen LogP contribution in [0.2, 0.25) is 0 Å². The van der Waals surface area contributed by atoms with Crippen molar-refractivity contribution < 1.29 is 0 Å². The Hall–Kier alpha value is -1.95. The number of anilines is 2. The molecular weight excluding hydrogens is 332 g/mol. The average Bonchev–Trinajstić information content (AvgIpc) is 3.01. The predicted molar refractivity (Wildman–Crippen MR) is 103 cm³/mol. The van der Waals surface area contributed by atoms with Crippen LogP contribution in [-0.2, 0) is 17.6 Å². The molecule has 0 bridgehead atoms. The number of fused-ring (bicyclic) bond motifs is 3. The number of piperidine rings is 1. The minimum atomic E-state index is 0.0559. The first kappa shape index (κ1) is 15.3. The summed E-state index contributed by atoms with van der Waals surface area (Å²) in [4.78, 5) is 22.5. The molecule has 2 aromatic rings. The molecule has 0 unspecified atom stereocenters. The third-order valence-electron chi connectivity index (χ3n) is 5.95. The van der Waals surface area contributed by atoms with Gasteiger partial charge in [0.15, 0.2) is 0 Å². The molecule has 0 atom stereocenters. The number of aryl methyl sites for hydroxylation is 1. The first-order chi connectivity index (χ1) is 12.3. The maximum absolute atomic E-state index is 12.4. The zero-order chi connectivity index (χ0) is 16.9. The van der Waals surface area contributed by atoms with Crippen molar-refractivity contribution in [2.24, 2.45) is 0 Å². The van der Waals surface area contributed by atoms with E-state index in [1.54, 1.807) is 0 Å². The lowest BCUT2D eigenvalue weighted by molar-refractivity contribution is 0.359. The van der Waals surface area contributed by atoms with Crippen LogP contribution in [0.15, 0.2) is 29.1 Å².